The third-order valence-electron chi connectivity index (χ3n) is 4.10. The predicted molar refractivity (Wildman–Crippen MR) is 82.6 cm³/mol. The topological polar surface area (TPSA) is 91.2 Å². The van der Waals surface area contributed by atoms with Gasteiger partial charge >= 0.3 is 0 Å². The number of aromatic amines is 1. The first-order valence-electron chi connectivity index (χ1n) is 7.70. The van der Waals surface area contributed by atoms with Gasteiger partial charge in [-0.2, -0.15) is 5.10 Å². The van der Waals surface area contributed by atoms with E-state index >= 15 is 0 Å². The second kappa shape index (κ2) is 6.28. The standard InChI is InChI=1S/C16H20N4O3/c1-10-13(9-18-19-10)16(22)20-7-3-4-14(20)15-6-5-12(23-15)8-17-11(2)21/h5-6,9,14H,3-4,7-8H2,1-2H3,(H,17,21)(H,18,19). The van der Waals surface area contributed by atoms with Gasteiger partial charge in [-0.15, -0.1) is 0 Å². The minimum Gasteiger partial charge on any atom is -0.462 e. The summed E-state index contributed by atoms with van der Waals surface area (Å²) in [6, 6.07) is 3.66. The summed E-state index contributed by atoms with van der Waals surface area (Å²) in [4.78, 5) is 25.5. The maximum Gasteiger partial charge on any atom is 0.257 e. The Balaban J connectivity index is 1.75. The smallest absolute Gasteiger partial charge is 0.257 e. The molecule has 0 aromatic carbocycles. The van der Waals surface area contributed by atoms with E-state index in [1.54, 1.807) is 6.20 Å². The van der Waals surface area contributed by atoms with Crippen LogP contribution in [-0.4, -0.2) is 33.5 Å². The number of likely N-dealkylation sites (tertiary alicyclic amines) is 1. The zero-order valence-corrected chi connectivity index (χ0v) is 13.3. The zero-order chi connectivity index (χ0) is 16.4. The van der Waals surface area contributed by atoms with Crippen LogP contribution in [0.1, 0.15) is 53.4 Å². The highest BCUT2D eigenvalue weighted by Crippen LogP contribution is 2.34. The summed E-state index contributed by atoms with van der Waals surface area (Å²) in [6.07, 6.45) is 3.38. The molecule has 2 amide bonds. The van der Waals surface area contributed by atoms with Crippen LogP contribution in [0, 0.1) is 6.92 Å². The Hall–Kier alpha value is -2.57. The maximum absolute atomic E-state index is 12.7. The van der Waals surface area contributed by atoms with Crippen molar-refractivity contribution in [2.75, 3.05) is 6.54 Å². The van der Waals surface area contributed by atoms with Gasteiger partial charge in [-0.1, -0.05) is 0 Å². The predicted octanol–water partition coefficient (Wildman–Crippen LogP) is 1.92. The minimum atomic E-state index is -0.101. The Morgan fingerprint density at radius 2 is 2.30 bits per heavy atom. The molecular formula is C16H20N4O3. The van der Waals surface area contributed by atoms with Crippen LogP contribution in [0.3, 0.4) is 0 Å². The molecule has 0 radical (unpaired) electrons. The normalized spacial score (nSPS) is 17.5. The number of carbonyl (C=O) groups is 2. The van der Waals surface area contributed by atoms with E-state index in [1.165, 1.54) is 6.92 Å². The molecule has 1 unspecified atom stereocenters. The second-order valence-electron chi connectivity index (χ2n) is 5.78. The first-order chi connectivity index (χ1) is 11.1. The number of H-pyrrole nitrogens is 1. The van der Waals surface area contributed by atoms with Gasteiger partial charge in [0.2, 0.25) is 5.91 Å². The molecule has 122 valence electrons. The monoisotopic (exact) mass is 316 g/mol. The molecule has 1 fully saturated rings. The van der Waals surface area contributed by atoms with Gasteiger partial charge in [-0.25, -0.2) is 0 Å². The molecule has 3 heterocycles. The summed E-state index contributed by atoms with van der Waals surface area (Å²) < 4.78 is 5.81. The SMILES string of the molecule is CC(=O)NCc1ccc(C2CCCN2C(=O)c2cn[nH]c2C)o1. The number of aryl methyl sites for hydroxylation is 1. The largest absolute Gasteiger partial charge is 0.462 e. The summed E-state index contributed by atoms with van der Waals surface area (Å²) in [5, 5.41) is 9.42. The van der Waals surface area contributed by atoms with E-state index in [9.17, 15) is 9.59 Å². The molecule has 1 aliphatic heterocycles. The quantitative estimate of drug-likeness (QED) is 0.901. The Labute approximate surface area is 134 Å². The van der Waals surface area contributed by atoms with Crippen molar-refractivity contribution in [1.29, 1.82) is 0 Å². The van der Waals surface area contributed by atoms with Crippen molar-refractivity contribution < 1.29 is 14.0 Å². The lowest BCUT2D eigenvalue weighted by Crippen LogP contribution is -2.30. The summed E-state index contributed by atoms with van der Waals surface area (Å²) >= 11 is 0. The summed E-state index contributed by atoms with van der Waals surface area (Å²) in [5.74, 6) is 1.32. The van der Waals surface area contributed by atoms with Gasteiger partial charge in [0.15, 0.2) is 0 Å². The third kappa shape index (κ3) is 3.13. The first kappa shape index (κ1) is 15.3. The minimum absolute atomic E-state index is 0.0291. The average Bonchev–Trinajstić information content (AvgIpc) is 3.24. The van der Waals surface area contributed by atoms with Gasteiger partial charge in [0.05, 0.1) is 24.3 Å². The van der Waals surface area contributed by atoms with Crippen LogP contribution >= 0.6 is 0 Å². The molecule has 2 N–H and O–H groups in total. The van der Waals surface area contributed by atoms with Crippen molar-refractivity contribution in [3.05, 3.63) is 41.1 Å². The third-order valence-corrected chi connectivity index (χ3v) is 4.10. The van der Waals surface area contributed by atoms with Crippen molar-refractivity contribution in [3.63, 3.8) is 0 Å². The number of hydrogen-bond acceptors (Lipinski definition) is 4. The fourth-order valence-corrected chi connectivity index (χ4v) is 2.91. The van der Waals surface area contributed by atoms with Gasteiger partial charge in [-0.05, 0) is 31.9 Å². The number of furan rings is 1. The Morgan fingerprint density at radius 3 is 3.00 bits per heavy atom. The van der Waals surface area contributed by atoms with Crippen LogP contribution < -0.4 is 5.32 Å². The highest BCUT2D eigenvalue weighted by Gasteiger charge is 2.33. The highest BCUT2D eigenvalue weighted by molar-refractivity contribution is 5.95. The molecule has 0 aliphatic carbocycles. The molecule has 2 aromatic heterocycles. The fraction of sp³-hybridized carbons (Fsp3) is 0.438. The number of nitrogens with one attached hydrogen (secondary N) is 2. The number of aromatic nitrogens is 2. The Morgan fingerprint density at radius 1 is 1.48 bits per heavy atom. The van der Waals surface area contributed by atoms with Crippen LogP contribution in [0.5, 0.6) is 0 Å². The molecular weight excluding hydrogens is 296 g/mol. The van der Waals surface area contributed by atoms with E-state index in [0.29, 0.717) is 24.4 Å². The molecule has 3 rings (SSSR count). The van der Waals surface area contributed by atoms with Gasteiger partial charge in [0.25, 0.3) is 5.91 Å². The number of hydrogen-bond donors (Lipinski definition) is 2. The van der Waals surface area contributed by atoms with Crippen molar-refractivity contribution >= 4 is 11.8 Å². The molecule has 0 spiro atoms. The molecule has 0 saturated carbocycles. The molecule has 2 aromatic rings. The lowest BCUT2D eigenvalue weighted by molar-refractivity contribution is -0.119. The van der Waals surface area contributed by atoms with Crippen molar-refractivity contribution in [2.24, 2.45) is 0 Å². The van der Waals surface area contributed by atoms with Crippen molar-refractivity contribution in [3.8, 4) is 0 Å². The molecule has 1 aliphatic rings. The Bertz CT molecular complexity index is 718. The highest BCUT2D eigenvalue weighted by atomic mass is 16.3. The molecule has 7 nitrogen and oxygen atoms in total. The number of nitrogens with zero attached hydrogens (tertiary/aromatic N) is 2. The van der Waals surface area contributed by atoms with Crippen LogP contribution in [0.4, 0.5) is 0 Å². The maximum atomic E-state index is 12.7. The van der Waals surface area contributed by atoms with Gasteiger partial charge in [-0.3, -0.25) is 14.7 Å². The van der Waals surface area contributed by atoms with Gasteiger partial charge in [0, 0.05) is 19.2 Å². The Kier molecular flexibility index (Phi) is 4.18. The van der Waals surface area contributed by atoms with E-state index < -0.39 is 0 Å². The molecule has 7 heteroatoms. The van der Waals surface area contributed by atoms with Crippen molar-refractivity contribution in [2.45, 2.75) is 39.3 Å². The fourth-order valence-electron chi connectivity index (χ4n) is 2.91. The molecule has 0 bridgehead atoms. The average molecular weight is 316 g/mol. The van der Waals surface area contributed by atoms with E-state index in [4.69, 9.17) is 4.42 Å². The van der Waals surface area contributed by atoms with Crippen molar-refractivity contribution in [1.82, 2.24) is 20.4 Å². The van der Waals surface area contributed by atoms with Crippen LogP contribution in [0.25, 0.3) is 0 Å². The van der Waals surface area contributed by atoms with Gasteiger partial charge in [0.1, 0.15) is 11.5 Å². The summed E-state index contributed by atoms with van der Waals surface area (Å²) in [7, 11) is 0. The van der Waals surface area contributed by atoms with E-state index in [1.807, 2.05) is 24.0 Å². The zero-order valence-electron chi connectivity index (χ0n) is 13.3. The molecule has 1 saturated heterocycles. The molecule has 1 atom stereocenters. The van der Waals surface area contributed by atoms with Crippen LogP contribution in [0.2, 0.25) is 0 Å². The van der Waals surface area contributed by atoms with Crippen LogP contribution in [0.15, 0.2) is 22.7 Å². The van der Waals surface area contributed by atoms with E-state index in [2.05, 4.69) is 15.5 Å². The lowest BCUT2D eigenvalue weighted by Gasteiger charge is -2.23. The second-order valence-corrected chi connectivity index (χ2v) is 5.78. The lowest BCUT2D eigenvalue weighted by atomic mass is 10.1. The first-order valence-corrected chi connectivity index (χ1v) is 7.70. The number of rotatable bonds is 4. The number of amides is 2. The summed E-state index contributed by atoms with van der Waals surface area (Å²) in [6.45, 7) is 4.37. The van der Waals surface area contributed by atoms with E-state index in [0.717, 1.165) is 24.3 Å². The number of carbonyl (C=O) groups excluding carboxylic acids is 2. The van der Waals surface area contributed by atoms with Gasteiger partial charge < -0.3 is 14.6 Å². The van der Waals surface area contributed by atoms with Crippen LogP contribution in [-0.2, 0) is 11.3 Å². The molecule has 23 heavy (non-hydrogen) atoms. The van der Waals surface area contributed by atoms with E-state index in [-0.39, 0.29) is 17.9 Å². The summed E-state index contributed by atoms with van der Waals surface area (Å²) in [5.41, 5.74) is 1.37.